The van der Waals surface area contributed by atoms with Crippen LogP contribution in [0.3, 0.4) is 0 Å². The second-order valence-corrected chi connectivity index (χ2v) is 7.19. The van der Waals surface area contributed by atoms with Gasteiger partial charge in [0.2, 0.25) is 0 Å². The highest BCUT2D eigenvalue weighted by Gasteiger charge is 2.31. The molecule has 0 atom stereocenters. The number of halogens is 1. The van der Waals surface area contributed by atoms with Gasteiger partial charge in [0.1, 0.15) is 4.32 Å². The monoisotopic (exact) mass is 369 g/mol. The molecule has 2 nitrogen and oxygen atoms in total. The van der Waals surface area contributed by atoms with Gasteiger partial charge in [0.05, 0.1) is 4.91 Å². The highest BCUT2D eigenvalue weighted by atomic mass is 79.9. The molecule has 106 valence electrons. The fourth-order valence-electron chi connectivity index (χ4n) is 1.96. The average Bonchev–Trinajstić information content (AvgIpc) is 2.66. The number of nitrogens with zero attached hydrogens (tertiary/aromatic N) is 1. The summed E-state index contributed by atoms with van der Waals surface area (Å²) in [5, 5.41) is 0. The van der Waals surface area contributed by atoms with E-state index in [2.05, 4.69) is 22.9 Å². The maximum absolute atomic E-state index is 12.3. The van der Waals surface area contributed by atoms with Crippen LogP contribution in [0.2, 0.25) is 0 Å². The molecule has 1 fully saturated rings. The van der Waals surface area contributed by atoms with Crippen LogP contribution < -0.4 is 0 Å². The highest BCUT2D eigenvalue weighted by molar-refractivity contribution is 9.10. The van der Waals surface area contributed by atoms with Gasteiger partial charge < -0.3 is 0 Å². The van der Waals surface area contributed by atoms with Gasteiger partial charge in [0.15, 0.2) is 0 Å². The van der Waals surface area contributed by atoms with Crippen LogP contribution >= 0.6 is 39.9 Å². The number of unbranched alkanes of at least 4 members (excludes halogenated alkanes) is 2. The van der Waals surface area contributed by atoms with E-state index in [9.17, 15) is 4.79 Å². The van der Waals surface area contributed by atoms with Crippen LogP contribution in [0, 0.1) is 0 Å². The van der Waals surface area contributed by atoms with Gasteiger partial charge in [-0.2, -0.15) is 0 Å². The Labute approximate surface area is 137 Å². The van der Waals surface area contributed by atoms with Crippen molar-refractivity contribution in [1.82, 2.24) is 4.90 Å². The summed E-state index contributed by atoms with van der Waals surface area (Å²) in [5.74, 6) is 0.0380. The first-order valence-corrected chi connectivity index (χ1v) is 8.64. The predicted octanol–water partition coefficient (Wildman–Crippen LogP) is 4.84. The van der Waals surface area contributed by atoms with E-state index in [1.54, 1.807) is 4.90 Å². The molecule has 0 N–H and O–H groups in total. The third kappa shape index (κ3) is 3.93. The Bertz CT molecular complexity index is 557. The van der Waals surface area contributed by atoms with E-state index < -0.39 is 0 Å². The van der Waals surface area contributed by atoms with Gasteiger partial charge >= 0.3 is 0 Å². The number of carbonyl (C=O) groups is 1. The van der Waals surface area contributed by atoms with Crippen molar-refractivity contribution in [2.24, 2.45) is 0 Å². The molecule has 0 aromatic heterocycles. The largest absolute Gasteiger partial charge is 0.293 e. The maximum atomic E-state index is 12.3. The van der Waals surface area contributed by atoms with Crippen molar-refractivity contribution in [2.45, 2.75) is 26.2 Å². The molecule has 1 heterocycles. The van der Waals surface area contributed by atoms with E-state index >= 15 is 0 Å². The molecule has 1 aliphatic heterocycles. The van der Waals surface area contributed by atoms with Crippen LogP contribution in [-0.4, -0.2) is 21.7 Å². The zero-order chi connectivity index (χ0) is 14.5. The van der Waals surface area contributed by atoms with Gasteiger partial charge in [-0.25, -0.2) is 0 Å². The molecule has 20 heavy (non-hydrogen) atoms. The summed E-state index contributed by atoms with van der Waals surface area (Å²) in [6, 6.07) is 7.89. The lowest BCUT2D eigenvalue weighted by Gasteiger charge is -2.13. The SMILES string of the molecule is CCCCCN1C(=O)C(=Cc2cccc(Br)c2)SC1=S. The Morgan fingerprint density at radius 2 is 2.20 bits per heavy atom. The van der Waals surface area contributed by atoms with E-state index in [0.717, 1.165) is 35.8 Å². The summed E-state index contributed by atoms with van der Waals surface area (Å²) in [4.78, 5) is 14.8. The standard InChI is InChI=1S/C15H16BrNOS2/c1-2-3-4-8-17-14(18)13(20-15(17)19)10-11-6-5-7-12(16)9-11/h5-7,9-10H,2-4,8H2,1H3. The lowest BCUT2D eigenvalue weighted by atomic mass is 10.2. The van der Waals surface area contributed by atoms with Crippen molar-refractivity contribution in [1.29, 1.82) is 0 Å². The molecule has 1 saturated heterocycles. The minimum Gasteiger partial charge on any atom is -0.293 e. The molecule has 0 aliphatic carbocycles. The van der Waals surface area contributed by atoms with Crippen LogP contribution in [0.4, 0.5) is 0 Å². The van der Waals surface area contributed by atoms with Crippen LogP contribution in [0.15, 0.2) is 33.6 Å². The smallest absolute Gasteiger partial charge is 0.266 e. The first kappa shape index (κ1) is 15.7. The number of thiocarbonyl (C=S) groups is 1. The first-order valence-electron chi connectivity index (χ1n) is 6.62. The summed E-state index contributed by atoms with van der Waals surface area (Å²) < 4.78 is 1.68. The number of rotatable bonds is 5. The molecule has 2 rings (SSSR count). The zero-order valence-electron chi connectivity index (χ0n) is 11.3. The molecule has 0 spiro atoms. The summed E-state index contributed by atoms with van der Waals surface area (Å²) in [6.45, 7) is 2.88. The van der Waals surface area contributed by atoms with Gasteiger partial charge in [-0.3, -0.25) is 9.69 Å². The normalized spacial score (nSPS) is 17.3. The third-order valence-corrected chi connectivity index (χ3v) is 4.88. The van der Waals surface area contributed by atoms with Crippen molar-refractivity contribution in [2.75, 3.05) is 6.54 Å². The Kier molecular flexibility index (Phi) is 5.81. The number of carbonyl (C=O) groups excluding carboxylic acids is 1. The Morgan fingerprint density at radius 1 is 1.40 bits per heavy atom. The van der Waals surface area contributed by atoms with Crippen molar-refractivity contribution in [3.05, 3.63) is 39.2 Å². The van der Waals surface area contributed by atoms with Crippen LogP contribution in [0.25, 0.3) is 6.08 Å². The number of amides is 1. The quantitative estimate of drug-likeness (QED) is 0.420. The maximum Gasteiger partial charge on any atom is 0.266 e. The molecule has 1 aromatic rings. The summed E-state index contributed by atoms with van der Waals surface area (Å²) >= 11 is 10.1. The number of benzene rings is 1. The van der Waals surface area contributed by atoms with Gasteiger partial charge in [0, 0.05) is 11.0 Å². The van der Waals surface area contributed by atoms with Crippen molar-refractivity contribution in [3.63, 3.8) is 0 Å². The topological polar surface area (TPSA) is 20.3 Å². The average molecular weight is 370 g/mol. The summed E-state index contributed by atoms with van der Waals surface area (Å²) in [5.41, 5.74) is 1.01. The lowest BCUT2D eigenvalue weighted by Crippen LogP contribution is -2.28. The van der Waals surface area contributed by atoms with E-state index in [4.69, 9.17) is 12.2 Å². The molecular weight excluding hydrogens is 354 g/mol. The predicted molar refractivity (Wildman–Crippen MR) is 93.5 cm³/mol. The van der Waals surface area contributed by atoms with E-state index in [0.29, 0.717) is 9.23 Å². The van der Waals surface area contributed by atoms with E-state index in [1.807, 2.05) is 30.3 Å². The first-order chi connectivity index (χ1) is 9.61. The highest BCUT2D eigenvalue weighted by Crippen LogP contribution is 2.33. The Hall–Kier alpha value is -0.650. The van der Waals surface area contributed by atoms with Crippen molar-refractivity contribution < 1.29 is 4.79 Å². The van der Waals surface area contributed by atoms with Gasteiger partial charge in [-0.05, 0) is 30.2 Å². The van der Waals surface area contributed by atoms with E-state index in [-0.39, 0.29) is 5.91 Å². The Balaban J connectivity index is 2.11. The minimum absolute atomic E-state index is 0.0380. The number of hydrogen-bond donors (Lipinski definition) is 0. The molecule has 0 radical (unpaired) electrons. The van der Waals surface area contributed by atoms with Gasteiger partial charge in [-0.15, -0.1) is 0 Å². The lowest BCUT2D eigenvalue weighted by molar-refractivity contribution is -0.122. The molecule has 1 aromatic carbocycles. The van der Waals surface area contributed by atoms with Gasteiger partial charge in [-0.1, -0.05) is 71.8 Å². The number of hydrogen-bond acceptors (Lipinski definition) is 3. The van der Waals surface area contributed by atoms with Crippen molar-refractivity contribution >= 4 is 56.2 Å². The Morgan fingerprint density at radius 3 is 2.90 bits per heavy atom. The molecule has 0 saturated carbocycles. The molecular formula is C15H16BrNOS2. The summed E-state index contributed by atoms with van der Waals surface area (Å²) in [6.07, 6.45) is 5.18. The third-order valence-electron chi connectivity index (χ3n) is 3.01. The summed E-state index contributed by atoms with van der Waals surface area (Å²) in [7, 11) is 0. The fraction of sp³-hybridized carbons (Fsp3) is 0.333. The molecule has 1 aliphatic rings. The fourth-order valence-corrected chi connectivity index (χ4v) is 3.69. The van der Waals surface area contributed by atoms with Crippen LogP contribution in [0.1, 0.15) is 31.7 Å². The van der Waals surface area contributed by atoms with Crippen LogP contribution in [0.5, 0.6) is 0 Å². The number of thioether (sulfide) groups is 1. The molecule has 0 unspecified atom stereocenters. The van der Waals surface area contributed by atoms with Crippen molar-refractivity contribution in [3.8, 4) is 0 Å². The van der Waals surface area contributed by atoms with Gasteiger partial charge in [0.25, 0.3) is 5.91 Å². The zero-order valence-corrected chi connectivity index (χ0v) is 14.5. The second-order valence-electron chi connectivity index (χ2n) is 4.60. The molecule has 5 heteroatoms. The molecule has 1 amide bonds. The molecule has 0 bridgehead atoms. The minimum atomic E-state index is 0.0380. The van der Waals surface area contributed by atoms with Crippen LogP contribution in [-0.2, 0) is 4.79 Å². The second kappa shape index (κ2) is 7.38. The van der Waals surface area contributed by atoms with E-state index in [1.165, 1.54) is 11.8 Å².